The molecule has 1 amide bonds. The van der Waals surface area contributed by atoms with Crippen LogP contribution in [0.5, 0.6) is 11.5 Å². The molecule has 0 unspecified atom stereocenters. The fraction of sp³-hybridized carbons (Fsp3) is 0.154. The van der Waals surface area contributed by atoms with Crippen molar-refractivity contribution in [2.75, 3.05) is 25.1 Å². The van der Waals surface area contributed by atoms with Gasteiger partial charge in [-0.2, -0.15) is 0 Å². The molecule has 4 aromatic rings. The summed E-state index contributed by atoms with van der Waals surface area (Å²) in [4.78, 5) is 17.0. The van der Waals surface area contributed by atoms with Crippen LogP contribution in [0.1, 0.15) is 5.56 Å². The lowest BCUT2D eigenvalue weighted by molar-refractivity contribution is -0.119. The summed E-state index contributed by atoms with van der Waals surface area (Å²) in [6.45, 7) is -0.465. The largest absolute Gasteiger partial charge is 0.493 e. The highest BCUT2D eigenvalue weighted by Crippen LogP contribution is 2.33. The molecule has 1 N–H and O–H groups in total. The van der Waals surface area contributed by atoms with Gasteiger partial charge in [0.05, 0.1) is 41.8 Å². The van der Waals surface area contributed by atoms with Gasteiger partial charge in [0.2, 0.25) is 5.91 Å². The van der Waals surface area contributed by atoms with Crippen molar-refractivity contribution in [1.29, 1.82) is 0 Å². The van der Waals surface area contributed by atoms with Crippen LogP contribution in [0.25, 0.3) is 5.69 Å². The number of rotatable bonds is 10. The van der Waals surface area contributed by atoms with Crippen LogP contribution in [0.3, 0.4) is 0 Å². The van der Waals surface area contributed by atoms with E-state index in [-0.39, 0.29) is 27.9 Å². The van der Waals surface area contributed by atoms with Gasteiger partial charge >= 0.3 is 0 Å². The van der Waals surface area contributed by atoms with E-state index in [4.69, 9.17) is 21.1 Å². The van der Waals surface area contributed by atoms with Crippen molar-refractivity contribution < 1.29 is 27.1 Å². The smallest absolute Gasteiger partial charge is 0.264 e. The van der Waals surface area contributed by atoms with Crippen LogP contribution in [0.15, 0.2) is 84.3 Å². The molecule has 1 aromatic heterocycles. The molecular formula is C26H24ClFN4O5S. The number of nitrogens with one attached hydrogen (secondary N) is 1. The number of benzene rings is 3. The van der Waals surface area contributed by atoms with Crippen LogP contribution in [-0.2, 0) is 21.4 Å². The van der Waals surface area contributed by atoms with Gasteiger partial charge in [0.25, 0.3) is 10.0 Å². The Morgan fingerprint density at radius 2 is 1.84 bits per heavy atom. The molecule has 38 heavy (non-hydrogen) atoms. The van der Waals surface area contributed by atoms with Crippen LogP contribution in [0.2, 0.25) is 5.02 Å². The molecule has 4 rings (SSSR count). The first kappa shape index (κ1) is 27.0. The fourth-order valence-corrected chi connectivity index (χ4v) is 5.36. The summed E-state index contributed by atoms with van der Waals surface area (Å²) in [7, 11) is -1.52. The number of methoxy groups -OCH3 is 2. The SMILES string of the molecule is COc1ccc(S(=O)(=O)N(CC(=O)NCc2ccccc2-n2ccnc2)c2ccc(F)c(Cl)c2)cc1OC. The average molecular weight is 559 g/mol. The van der Waals surface area contributed by atoms with Crippen molar-refractivity contribution in [3.8, 4) is 17.2 Å². The Morgan fingerprint density at radius 1 is 1.08 bits per heavy atom. The molecule has 198 valence electrons. The molecule has 0 saturated heterocycles. The van der Waals surface area contributed by atoms with Gasteiger partial charge in [0.1, 0.15) is 12.4 Å². The highest BCUT2D eigenvalue weighted by atomic mass is 35.5. The van der Waals surface area contributed by atoms with E-state index < -0.39 is 28.3 Å². The Kier molecular flexibility index (Phi) is 8.18. The van der Waals surface area contributed by atoms with Gasteiger partial charge in [-0.3, -0.25) is 9.10 Å². The first-order valence-corrected chi connectivity index (χ1v) is 13.1. The maximum atomic E-state index is 13.9. The van der Waals surface area contributed by atoms with E-state index in [1.54, 1.807) is 23.3 Å². The third-order valence-corrected chi connectivity index (χ3v) is 7.73. The van der Waals surface area contributed by atoms with Crippen molar-refractivity contribution in [1.82, 2.24) is 14.9 Å². The third-order valence-electron chi connectivity index (χ3n) is 5.67. The number of carbonyl (C=O) groups excluding carboxylic acids is 1. The minimum Gasteiger partial charge on any atom is -0.493 e. The lowest BCUT2D eigenvalue weighted by Gasteiger charge is -2.25. The Labute approximate surface area is 224 Å². The van der Waals surface area contributed by atoms with Crippen molar-refractivity contribution in [2.24, 2.45) is 0 Å². The zero-order valence-electron chi connectivity index (χ0n) is 20.5. The van der Waals surface area contributed by atoms with Gasteiger partial charge in [-0.25, -0.2) is 17.8 Å². The first-order chi connectivity index (χ1) is 18.2. The number of aromatic nitrogens is 2. The number of para-hydroxylation sites is 1. The van der Waals surface area contributed by atoms with E-state index in [2.05, 4.69) is 10.3 Å². The van der Waals surface area contributed by atoms with Crippen LogP contribution in [0, 0.1) is 5.82 Å². The second kappa shape index (κ2) is 11.5. The Bertz CT molecular complexity index is 1550. The number of carbonyl (C=O) groups is 1. The van der Waals surface area contributed by atoms with Crippen molar-refractivity contribution >= 4 is 33.2 Å². The maximum absolute atomic E-state index is 13.9. The zero-order chi connectivity index (χ0) is 27.3. The van der Waals surface area contributed by atoms with E-state index >= 15 is 0 Å². The van der Waals surface area contributed by atoms with Crippen molar-refractivity contribution in [3.05, 3.63) is 95.8 Å². The molecule has 1 heterocycles. The summed E-state index contributed by atoms with van der Waals surface area (Å²) in [6.07, 6.45) is 5.05. The lowest BCUT2D eigenvalue weighted by atomic mass is 10.1. The first-order valence-electron chi connectivity index (χ1n) is 11.3. The van der Waals surface area contributed by atoms with E-state index in [0.717, 1.165) is 27.7 Å². The molecule has 3 aromatic carbocycles. The van der Waals surface area contributed by atoms with Gasteiger partial charge in [0, 0.05) is 25.0 Å². The number of imidazole rings is 1. The Hall–Kier alpha value is -4.09. The summed E-state index contributed by atoms with van der Waals surface area (Å²) < 4.78 is 54.4. The molecule has 0 bridgehead atoms. The molecule has 0 fully saturated rings. The van der Waals surface area contributed by atoms with Gasteiger partial charge in [-0.15, -0.1) is 0 Å². The number of amides is 1. The van der Waals surface area contributed by atoms with E-state index in [1.165, 1.54) is 38.5 Å². The molecule has 0 aliphatic rings. The van der Waals surface area contributed by atoms with Gasteiger partial charge in [0.15, 0.2) is 11.5 Å². The molecule has 0 atom stereocenters. The van der Waals surface area contributed by atoms with Crippen molar-refractivity contribution in [3.63, 3.8) is 0 Å². The highest BCUT2D eigenvalue weighted by molar-refractivity contribution is 7.92. The fourth-order valence-electron chi connectivity index (χ4n) is 3.75. The number of hydrogen-bond donors (Lipinski definition) is 1. The number of halogens is 2. The minimum absolute atomic E-state index is 0.0140. The second-order valence-corrected chi connectivity index (χ2v) is 10.3. The molecular weight excluding hydrogens is 535 g/mol. The summed E-state index contributed by atoms with van der Waals surface area (Å²) in [5.41, 5.74) is 1.61. The monoisotopic (exact) mass is 558 g/mol. The van der Waals surface area contributed by atoms with Crippen LogP contribution >= 0.6 is 11.6 Å². The highest BCUT2D eigenvalue weighted by Gasteiger charge is 2.29. The number of sulfonamides is 1. The molecule has 0 spiro atoms. The van der Waals surface area contributed by atoms with Crippen LogP contribution < -0.4 is 19.1 Å². The predicted octanol–water partition coefficient (Wildman–Crippen LogP) is 4.19. The third kappa shape index (κ3) is 5.74. The predicted molar refractivity (Wildman–Crippen MR) is 141 cm³/mol. The van der Waals surface area contributed by atoms with Gasteiger partial charge < -0.3 is 19.4 Å². The topological polar surface area (TPSA) is 103 Å². The molecule has 0 aliphatic carbocycles. The molecule has 0 radical (unpaired) electrons. The van der Waals surface area contributed by atoms with Gasteiger partial charge in [-0.05, 0) is 42.0 Å². The quantitative estimate of drug-likeness (QED) is 0.313. The lowest BCUT2D eigenvalue weighted by Crippen LogP contribution is -2.40. The van der Waals surface area contributed by atoms with E-state index in [9.17, 15) is 17.6 Å². The zero-order valence-corrected chi connectivity index (χ0v) is 22.0. The van der Waals surface area contributed by atoms with E-state index in [1.807, 2.05) is 24.3 Å². The second-order valence-electron chi connectivity index (χ2n) is 8.00. The molecule has 0 saturated carbocycles. The van der Waals surface area contributed by atoms with Crippen molar-refractivity contribution in [2.45, 2.75) is 11.4 Å². The van der Waals surface area contributed by atoms with Gasteiger partial charge in [-0.1, -0.05) is 29.8 Å². The number of nitrogens with zero attached hydrogens (tertiary/aromatic N) is 3. The number of anilines is 1. The average Bonchev–Trinajstić information content (AvgIpc) is 3.46. The molecule has 12 heteroatoms. The maximum Gasteiger partial charge on any atom is 0.264 e. The summed E-state index contributed by atoms with van der Waals surface area (Å²) in [6, 6.07) is 14.9. The Morgan fingerprint density at radius 3 is 2.53 bits per heavy atom. The summed E-state index contributed by atoms with van der Waals surface area (Å²) in [5, 5.41) is 2.47. The minimum atomic E-state index is -4.32. The standard InChI is InChI=1S/C26H24ClFN4O5S/c1-36-24-10-8-20(14-25(24)37-2)38(34,35)32(19-7-9-22(28)21(27)13-19)16-26(33)30-15-18-5-3-4-6-23(18)31-12-11-29-17-31/h3-14,17H,15-16H2,1-2H3,(H,30,33). The van der Waals surface area contributed by atoms with Crippen LogP contribution in [-0.4, -0.2) is 44.6 Å². The number of hydrogen-bond acceptors (Lipinski definition) is 6. The van der Waals surface area contributed by atoms with Crippen LogP contribution in [0.4, 0.5) is 10.1 Å². The summed E-state index contributed by atoms with van der Waals surface area (Å²) in [5.74, 6) is -0.794. The molecule has 9 nitrogen and oxygen atoms in total. The molecule has 0 aliphatic heterocycles. The van der Waals surface area contributed by atoms with E-state index in [0.29, 0.717) is 5.75 Å². The normalized spacial score (nSPS) is 11.2. The Balaban J connectivity index is 1.63. The summed E-state index contributed by atoms with van der Waals surface area (Å²) >= 11 is 5.94. The number of ether oxygens (including phenoxy) is 2.